The fraction of sp³-hybridized carbons (Fsp3) is 0.227. The molecule has 1 aliphatic carbocycles. The first-order chi connectivity index (χ1) is 14.7. The van der Waals surface area contributed by atoms with E-state index in [0.29, 0.717) is 16.5 Å². The van der Waals surface area contributed by atoms with Gasteiger partial charge in [0.2, 0.25) is 0 Å². The van der Waals surface area contributed by atoms with E-state index in [-0.39, 0.29) is 15.6 Å². The van der Waals surface area contributed by atoms with E-state index in [0.717, 1.165) is 36.8 Å². The number of sulfone groups is 1. The third-order valence-corrected chi connectivity index (χ3v) is 6.54. The first-order valence-corrected chi connectivity index (χ1v) is 11.9. The topological polar surface area (TPSA) is 102 Å². The number of rotatable bonds is 5. The molecule has 0 bridgehead atoms. The van der Waals surface area contributed by atoms with Crippen molar-refractivity contribution in [2.24, 2.45) is 0 Å². The van der Waals surface area contributed by atoms with Gasteiger partial charge >= 0.3 is 5.97 Å². The maximum atomic E-state index is 12.9. The summed E-state index contributed by atoms with van der Waals surface area (Å²) in [4.78, 5) is 29.9. The summed E-state index contributed by atoms with van der Waals surface area (Å²) in [5.74, 6) is -1.22. The highest BCUT2D eigenvalue weighted by atomic mass is 35.5. The number of pyridine rings is 1. The second-order valence-corrected chi connectivity index (χ2v) is 9.74. The molecule has 2 aromatic carbocycles. The minimum Gasteiger partial charge on any atom is -0.452 e. The van der Waals surface area contributed by atoms with Gasteiger partial charge in [-0.05, 0) is 49.1 Å². The van der Waals surface area contributed by atoms with Gasteiger partial charge in [-0.1, -0.05) is 29.8 Å². The van der Waals surface area contributed by atoms with Gasteiger partial charge in [-0.15, -0.1) is 0 Å². The minimum atomic E-state index is -3.47. The average Bonchev–Trinajstić information content (AvgIpc) is 3.19. The van der Waals surface area contributed by atoms with Gasteiger partial charge < -0.3 is 10.1 Å². The van der Waals surface area contributed by atoms with Crippen LogP contribution in [0.2, 0.25) is 5.02 Å². The highest BCUT2D eigenvalue weighted by Gasteiger charge is 2.25. The van der Waals surface area contributed by atoms with Gasteiger partial charge in [0.05, 0.1) is 26.7 Å². The number of hydrogen-bond acceptors (Lipinski definition) is 6. The number of carbonyl (C=O) groups excluding carboxylic acids is 2. The van der Waals surface area contributed by atoms with Crippen LogP contribution in [0.1, 0.15) is 28.0 Å². The van der Waals surface area contributed by atoms with E-state index >= 15 is 0 Å². The van der Waals surface area contributed by atoms with E-state index in [4.69, 9.17) is 16.3 Å². The smallest absolute Gasteiger partial charge is 0.339 e. The molecular weight excluding hydrogens is 440 g/mol. The van der Waals surface area contributed by atoms with Gasteiger partial charge in [-0.3, -0.25) is 9.78 Å². The van der Waals surface area contributed by atoms with Crippen molar-refractivity contribution in [3.8, 4) is 0 Å². The molecule has 0 atom stereocenters. The quantitative estimate of drug-likeness (QED) is 0.586. The number of nitrogens with one attached hydrogen (secondary N) is 1. The summed E-state index contributed by atoms with van der Waals surface area (Å²) >= 11 is 6.05. The van der Waals surface area contributed by atoms with Gasteiger partial charge in [0.1, 0.15) is 0 Å². The monoisotopic (exact) mass is 458 g/mol. The maximum Gasteiger partial charge on any atom is 0.339 e. The normalized spacial score (nSPS) is 13.1. The van der Waals surface area contributed by atoms with Crippen molar-refractivity contribution in [1.29, 1.82) is 0 Å². The lowest BCUT2D eigenvalue weighted by Gasteiger charge is -2.13. The largest absolute Gasteiger partial charge is 0.452 e. The summed E-state index contributed by atoms with van der Waals surface area (Å²) in [6, 6.07) is 11.3. The van der Waals surface area contributed by atoms with Crippen molar-refractivity contribution in [2.45, 2.75) is 24.2 Å². The van der Waals surface area contributed by atoms with Crippen LogP contribution in [0.15, 0.2) is 47.4 Å². The van der Waals surface area contributed by atoms with Gasteiger partial charge in [0, 0.05) is 17.3 Å². The average molecular weight is 459 g/mol. The van der Waals surface area contributed by atoms with Crippen LogP contribution in [0.4, 0.5) is 5.69 Å². The molecule has 1 aromatic heterocycles. The minimum absolute atomic E-state index is 0.0167. The molecular formula is C22H19ClN2O5S. The fourth-order valence-corrected chi connectivity index (χ4v) is 4.48. The Hall–Kier alpha value is -2.97. The van der Waals surface area contributed by atoms with Gasteiger partial charge in [0.15, 0.2) is 16.4 Å². The van der Waals surface area contributed by atoms with E-state index in [1.165, 1.54) is 18.2 Å². The number of aromatic nitrogens is 1. The lowest BCUT2D eigenvalue weighted by molar-refractivity contribution is -0.119. The van der Waals surface area contributed by atoms with Crippen LogP contribution in [-0.4, -0.2) is 38.1 Å². The van der Waals surface area contributed by atoms with Crippen molar-refractivity contribution in [1.82, 2.24) is 4.98 Å². The molecule has 0 fully saturated rings. The summed E-state index contributed by atoms with van der Waals surface area (Å²) in [6.45, 7) is -0.538. The SMILES string of the molecule is CS(=O)(=O)c1ccc(Cl)c(NC(=O)COC(=O)c2c3c(nc4ccccc24)CCC3)c1. The second kappa shape index (κ2) is 8.28. The van der Waals surface area contributed by atoms with Crippen LogP contribution in [0.25, 0.3) is 10.9 Å². The van der Waals surface area contributed by atoms with Crippen LogP contribution in [0.3, 0.4) is 0 Å². The molecule has 1 heterocycles. The van der Waals surface area contributed by atoms with Crippen LogP contribution in [0.5, 0.6) is 0 Å². The van der Waals surface area contributed by atoms with Crippen LogP contribution in [0, 0.1) is 0 Å². The third kappa shape index (κ3) is 4.40. The Bertz CT molecular complexity index is 1320. The Morgan fingerprint density at radius 2 is 1.94 bits per heavy atom. The van der Waals surface area contributed by atoms with Crippen LogP contribution in [-0.2, 0) is 32.2 Å². The lowest BCUT2D eigenvalue weighted by Crippen LogP contribution is -2.22. The number of anilines is 1. The molecule has 0 radical (unpaired) electrons. The maximum absolute atomic E-state index is 12.9. The molecule has 160 valence electrons. The van der Waals surface area contributed by atoms with Crippen LogP contribution >= 0.6 is 11.6 Å². The highest BCUT2D eigenvalue weighted by Crippen LogP contribution is 2.30. The van der Waals surface area contributed by atoms with E-state index in [9.17, 15) is 18.0 Å². The number of halogens is 1. The first-order valence-electron chi connectivity index (χ1n) is 9.61. The van der Waals surface area contributed by atoms with E-state index < -0.39 is 28.3 Å². The van der Waals surface area contributed by atoms with E-state index in [1.54, 1.807) is 0 Å². The lowest BCUT2D eigenvalue weighted by atomic mass is 10.0. The molecule has 0 saturated carbocycles. The van der Waals surface area contributed by atoms with E-state index in [2.05, 4.69) is 10.3 Å². The number of fused-ring (bicyclic) bond motifs is 2. The van der Waals surface area contributed by atoms with Crippen molar-refractivity contribution >= 4 is 49.9 Å². The Labute approximate surface area is 184 Å². The summed E-state index contributed by atoms with van der Waals surface area (Å²) < 4.78 is 28.7. The summed E-state index contributed by atoms with van der Waals surface area (Å²) in [5.41, 5.74) is 3.04. The number of nitrogens with zero attached hydrogens (tertiary/aromatic N) is 1. The first kappa shape index (κ1) is 21.3. The number of carbonyl (C=O) groups is 2. The second-order valence-electron chi connectivity index (χ2n) is 7.32. The Kier molecular flexibility index (Phi) is 5.68. The number of benzene rings is 2. The number of aryl methyl sites for hydroxylation is 1. The highest BCUT2D eigenvalue weighted by molar-refractivity contribution is 7.90. The number of para-hydroxylation sites is 1. The summed E-state index contributed by atoms with van der Waals surface area (Å²) in [5, 5.41) is 3.36. The Morgan fingerprint density at radius 1 is 1.16 bits per heavy atom. The van der Waals surface area contributed by atoms with Crippen molar-refractivity contribution < 1.29 is 22.7 Å². The van der Waals surface area contributed by atoms with Crippen LogP contribution < -0.4 is 5.32 Å². The van der Waals surface area contributed by atoms with Crippen molar-refractivity contribution in [3.63, 3.8) is 0 Å². The van der Waals surface area contributed by atoms with Crippen molar-refractivity contribution in [3.05, 3.63) is 64.3 Å². The molecule has 31 heavy (non-hydrogen) atoms. The molecule has 1 amide bonds. The predicted octanol–water partition coefficient (Wildman–Crippen LogP) is 3.58. The molecule has 9 heteroatoms. The standard InChI is InChI=1S/C22H19ClN2O5S/c1-31(28,29)13-9-10-16(23)19(11-13)25-20(26)12-30-22(27)21-14-5-2-3-7-17(14)24-18-8-4-6-15(18)21/h2-3,5,7,9-11H,4,6,8,12H2,1H3,(H,25,26). The van der Waals surface area contributed by atoms with E-state index in [1.807, 2.05) is 24.3 Å². The molecule has 4 rings (SSSR count). The molecule has 0 spiro atoms. The number of hydrogen-bond donors (Lipinski definition) is 1. The number of ether oxygens (including phenoxy) is 1. The number of esters is 1. The zero-order valence-electron chi connectivity index (χ0n) is 16.6. The molecule has 0 saturated heterocycles. The van der Waals surface area contributed by atoms with Crippen molar-refractivity contribution in [2.75, 3.05) is 18.2 Å². The fourth-order valence-electron chi connectivity index (χ4n) is 3.66. The zero-order chi connectivity index (χ0) is 22.2. The third-order valence-electron chi connectivity index (χ3n) is 5.10. The van der Waals surface area contributed by atoms with Gasteiger partial charge in [-0.25, -0.2) is 13.2 Å². The molecule has 1 N–H and O–H groups in total. The summed E-state index contributed by atoms with van der Waals surface area (Å²) in [7, 11) is -3.47. The predicted molar refractivity (Wildman–Crippen MR) is 117 cm³/mol. The Balaban J connectivity index is 1.52. The van der Waals surface area contributed by atoms with Gasteiger partial charge in [-0.2, -0.15) is 0 Å². The molecule has 0 unspecified atom stereocenters. The zero-order valence-corrected chi connectivity index (χ0v) is 18.2. The Morgan fingerprint density at radius 3 is 2.71 bits per heavy atom. The number of amides is 1. The molecule has 1 aliphatic rings. The summed E-state index contributed by atoms with van der Waals surface area (Å²) in [6.07, 6.45) is 3.50. The molecule has 3 aromatic rings. The molecule has 7 nitrogen and oxygen atoms in total. The molecule has 0 aliphatic heterocycles. The van der Waals surface area contributed by atoms with Gasteiger partial charge in [0.25, 0.3) is 5.91 Å².